The normalized spacial score (nSPS) is 21.0. The Labute approximate surface area is 290 Å². The smallest absolute Gasteiger partial charge is 0.306 e. The second kappa shape index (κ2) is 17.3. The van der Waals surface area contributed by atoms with Crippen LogP contribution in [0.5, 0.6) is 11.5 Å². The lowest BCUT2D eigenvalue weighted by atomic mass is 9.93. The Balaban J connectivity index is 1.41. The van der Waals surface area contributed by atoms with E-state index < -0.39 is 11.9 Å². The number of halogens is 1. The minimum atomic E-state index is -0.745. The van der Waals surface area contributed by atoms with Crippen LogP contribution in [0, 0.1) is 19.8 Å². The van der Waals surface area contributed by atoms with Crippen LogP contribution < -0.4 is 9.47 Å². The van der Waals surface area contributed by atoms with Gasteiger partial charge in [-0.2, -0.15) is 0 Å². The number of benzene rings is 3. The van der Waals surface area contributed by atoms with Gasteiger partial charge in [0.2, 0.25) is 0 Å². The van der Waals surface area contributed by atoms with E-state index in [-0.39, 0.29) is 12.4 Å². The minimum Gasteiger partial charge on any atom is -0.488 e. The number of ketones is 1. The van der Waals surface area contributed by atoms with Gasteiger partial charge in [-0.25, -0.2) is 0 Å². The summed E-state index contributed by atoms with van der Waals surface area (Å²) in [6.45, 7) is 4.87. The Morgan fingerprint density at radius 1 is 0.938 bits per heavy atom. The maximum absolute atomic E-state index is 13.1. The van der Waals surface area contributed by atoms with Gasteiger partial charge in [-0.1, -0.05) is 91.6 Å². The molecule has 5 rings (SSSR count). The molecule has 0 aromatic heterocycles. The predicted octanol–water partition coefficient (Wildman–Crippen LogP) is 10.7. The number of carbonyl (C=O) groups excluding carboxylic acids is 1. The highest BCUT2D eigenvalue weighted by Gasteiger charge is 2.19. The molecule has 1 aliphatic carbocycles. The van der Waals surface area contributed by atoms with Gasteiger partial charge in [0.05, 0.1) is 10.9 Å². The van der Waals surface area contributed by atoms with Crippen LogP contribution in [0.25, 0.3) is 11.1 Å². The van der Waals surface area contributed by atoms with Crippen LogP contribution in [0.4, 0.5) is 0 Å². The van der Waals surface area contributed by atoms with E-state index in [4.69, 9.17) is 21.1 Å². The van der Waals surface area contributed by atoms with Crippen LogP contribution in [0.3, 0.4) is 0 Å². The van der Waals surface area contributed by atoms with Crippen molar-refractivity contribution >= 4 is 23.4 Å². The topological polar surface area (TPSA) is 72.8 Å². The van der Waals surface area contributed by atoms with Crippen LogP contribution in [0.15, 0.2) is 90.0 Å². The number of aliphatic carboxylic acids is 1. The average Bonchev–Trinajstić information content (AvgIpc) is 3.05. The number of hydrogen-bond acceptors (Lipinski definition) is 4. The highest BCUT2D eigenvalue weighted by Crippen LogP contribution is 2.36. The molecule has 0 saturated heterocycles. The summed E-state index contributed by atoms with van der Waals surface area (Å²) >= 11 is 6.84. The third-order valence-electron chi connectivity index (χ3n) is 9.52. The van der Waals surface area contributed by atoms with E-state index in [9.17, 15) is 14.7 Å². The van der Waals surface area contributed by atoms with Crippen molar-refractivity contribution in [2.24, 2.45) is 5.92 Å². The van der Waals surface area contributed by atoms with Gasteiger partial charge in [0.1, 0.15) is 24.7 Å². The van der Waals surface area contributed by atoms with E-state index in [0.29, 0.717) is 55.2 Å². The van der Waals surface area contributed by atoms with Gasteiger partial charge < -0.3 is 14.6 Å². The number of hydrogen-bond donors (Lipinski definition) is 1. The van der Waals surface area contributed by atoms with Crippen molar-refractivity contribution in [3.63, 3.8) is 0 Å². The molecule has 5 nitrogen and oxygen atoms in total. The van der Waals surface area contributed by atoms with Gasteiger partial charge in [0.25, 0.3) is 0 Å². The molecule has 1 unspecified atom stereocenters. The maximum Gasteiger partial charge on any atom is 0.306 e. The first-order chi connectivity index (χ1) is 23.3. The molecule has 0 radical (unpaired) electrons. The number of carbonyl (C=O) groups is 2. The third kappa shape index (κ3) is 9.50. The number of aryl methyl sites for hydroxylation is 2. The molecule has 0 spiro atoms. The van der Waals surface area contributed by atoms with E-state index in [1.807, 2.05) is 30.4 Å². The molecule has 0 saturated carbocycles. The third-order valence-corrected chi connectivity index (χ3v) is 9.82. The van der Waals surface area contributed by atoms with Gasteiger partial charge in [0.15, 0.2) is 5.78 Å². The standard InChI is InChI=1S/C42H47ClO5/c1-29-14-10-11-21-36(29)37-22-13-20-35(30(37)2)28-48-41-26-40-34(25-38(41)43)19-12-18-32(42(45)46)16-7-3-4-9-23-39(44)33-17-8-5-6-15-31(24-33)27-47-40/h6,10-11,13-15,17,20-22,24-26,32H,3-5,7-9,12,16,18-19,23,27-28H2,1-2H3,(H,45,46)/b15-6-,31-24+,33-17-. The first-order valence-corrected chi connectivity index (χ1v) is 17.7. The zero-order valence-corrected chi connectivity index (χ0v) is 29.0. The van der Waals surface area contributed by atoms with Gasteiger partial charge in [-0.05, 0) is 110 Å². The number of ether oxygens (including phenoxy) is 2. The lowest BCUT2D eigenvalue weighted by molar-refractivity contribution is -0.142. The van der Waals surface area contributed by atoms with Crippen LogP contribution >= 0.6 is 11.6 Å². The summed E-state index contributed by atoms with van der Waals surface area (Å²) in [5.41, 5.74) is 8.41. The molecule has 1 aliphatic heterocycles. The molecule has 6 heteroatoms. The summed E-state index contributed by atoms with van der Waals surface area (Å²) in [7, 11) is 0. The lowest BCUT2D eigenvalue weighted by Gasteiger charge is -2.18. The summed E-state index contributed by atoms with van der Waals surface area (Å²) in [6.07, 6.45) is 16.5. The van der Waals surface area contributed by atoms with Crippen molar-refractivity contribution in [1.82, 2.24) is 0 Å². The molecule has 252 valence electrons. The van der Waals surface area contributed by atoms with Crippen LogP contribution in [0.2, 0.25) is 5.02 Å². The average molecular weight is 667 g/mol. The van der Waals surface area contributed by atoms with Crippen molar-refractivity contribution in [2.45, 2.75) is 91.1 Å². The molecule has 3 aromatic carbocycles. The van der Waals surface area contributed by atoms with Crippen molar-refractivity contribution < 1.29 is 24.2 Å². The van der Waals surface area contributed by atoms with Crippen molar-refractivity contribution in [2.75, 3.05) is 6.61 Å². The van der Waals surface area contributed by atoms with Crippen molar-refractivity contribution in [3.05, 3.63) is 117 Å². The summed E-state index contributed by atoms with van der Waals surface area (Å²) in [4.78, 5) is 25.2. The van der Waals surface area contributed by atoms with E-state index in [1.165, 1.54) is 16.7 Å². The SMILES string of the molecule is Cc1ccccc1-c1cccc(COc2cc3c(cc2Cl)CCCC(C(=O)O)CCCCCCC(=O)C2=C\CC\C=C/C(=C\2)CO3)c1C. The number of carboxylic acid groups (broad SMARTS) is 1. The van der Waals surface area contributed by atoms with E-state index in [1.54, 1.807) is 0 Å². The Kier molecular flexibility index (Phi) is 12.7. The first-order valence-electron chi connectivity index (χ1n) is 17.4. The second-order valence-corrected chi connectivity index (χ2v) is 13.4. The summed E-state index contributed by atoms with van der Waals surface area (Å²) in [6, 6.07) is 18.4. The summed E-state index contributed by atoms with van der Waals surface area (Å²) in [5.74, 6) is 0.196. The van der Waals surface area contributed by atoms with Gasteiger partial charge in [-0.15, -0.1) is 0 Å². The van der Waals surface area contributed by atoms with Crippen LogP contribution in [0.1, 0.15) is 86.5 Å². The molecule has 0 amide bonds. The second-order valence-electron chi connectivity index (χ2n) is 13.0. The Morgan fingerprint density at radius 2 is 1.73 bits per heavy atom. The molecule has 1 N–H and O–H groups in total. The Morgan fingerprint density at radius 3 is 2.56 bits per heavy atom. The van der Waals surface area contributed by atoms with Gasteiger partial charge in [-0.3, -0.25) is 9.59 Å². The maximum atomic E-state index is 13.1. The van der Waals surface area contributed by atoms with Crippen LogP contribution in [-0.2, 0) is 22.6 Å². The molecule has 2 bridgehead atoms. The van der Waals surface area contributed by atoms with E-state index in [0.717, 1.165) is 66.4 Å². The molecule has 2 aliphatic rings. The quantitative estimate of drug-likeness (QED) is 0.293. The monoisotopic (exact) mass is 666 g/mol. The summed E-state index contributed by atoms with van der Waals surface area (Å²) < 4.78 is 12.8. The van der Waals surface area contributed by atoms with E-state index >= 15 is 0 Å². The number of allylic oxidation sites excluding steroid dienone is 4. The number of Topliss-reactive ketones (excluding diaryl/α,β-unsaturated/α-hetero) is 1. The minimum absolute atomic E-state index is 0.150. The van der Waals surface area contributed by atoms with Crippen LogP contribution in [-0.4, -0.2) is 23.5 Å². The highest BCUT2D eigenvalue weighted by atomic mass is 35.5. The highest BCUT2D eigenvalue weighted by molar-refractivity contribution is 6.32. The molecule has 1 heterocycles. The number of carboxylic acids is 1. The van der Waals surface area contributed by atoms with E-state index in [2.05, 4.69) is 62.4 Å². The van der Waals surface area contributed by atoms with Crippen molar-refractivity contribution in [3.8, 4) is 22.6 Å². The molecule has 3 aromatic rings. The largest absolute Gasteiger partial charge is 0.488 e. The fraction of sp³-hybridized carbons (Fsp3) is 0.381. The molecule has 0 fully saturated rings. The predicted molar refractivity (Wildman–Crippen MR) is 194 cm³/mol. The van der Waals surface area contributed by atoms with Gasteiger partial charge >= 0.3 is 5.97 Å². The fourth-order valence-corrected chi connectivity index (χ4v) is 6.85. The molecular formula is C42H47ClO5. The summed E-state index contributed by atoms with van der Waals surface area (Å²) in [5, 5.41) is 10.4. The molecular weight excluding hydrogens is 620 g/mol. The zero-order valence-electron chi connectivity index (χ0n) is 28.2. The van der Waals surface area contributed by atoms with Crippen molar-refractivity contribution in [1.29, 1.82) is 0 Å². The Hall–Kier alpha value is -4.09. The fourth-order valence-electron chi connectivity index (χ4n) is 6.60. The number of rotatable bonds is 5. The first kappa shape index (κ1) is 35.2. The number of fused-ring (bicyclic) bond motifs is 2. The Bertz CT molecular complexity index is 1700. The lowest BCUT2D eigenvalue weighted by Crippen LogP contribution is -2.14. The molecule has 1 atom stereocenters. The van der Waals surface area contributed by atoms with Gasteiger partial charge in [0, 0.05) is 18.1 Å². The zero-order chi connectivity index (χ0) is 33.9. The molecule has 48 heavy (non-hydrogen) atoms.